The minimum atomic E-state index is 0.0751. The second kappa shape index (κ2) is 4.40. The Morgan fingerprint density at radius 1 is 1.50 bits per heavy atom. The van der Waals surface area contributed by atoms with Crippen LogP contribution in [0.4, 0.5) is 0 Å². The number of nitrogens with two attached hydrogens (primary N) is 1. The fourth-order valence-corrected chi connectivity index (χ4v) is 1.30. The summed E-state index contributed by atoms with van der Waals surface area (Å²) in [5.74, 6) is 1.14. The Morgan fingerprint density at radius 2 is 2.31 bits per heavy atom. The lowest BCUT2D eigenvalue weighted by Gasteiger charge is -1.98. The molecule has 0 aliphatic heterocycles. The highest BCUT2D eigenvalue weighted by Gasteiger charge is 2.14. The molecule has 0 aliphatic carbocycles. The minimum Gasteiger partial charge on any atom is -0.339 e. The maximum Gasteiger partial charge on any atom is 0.231 e. The van der Waals surface area contributed by atoms with Gasteiger partial charge in [0, 0.05) is 18.7 Å². The van der Waals surface area contributed by atoms with E-state index < -0.39 is 0 Å². The zero-order chi connectivity index (χ0) is 11.5. The summed E-state index contributed by atoms with van der Waals surface area (Å²) < 4.78 is 5.13. The molecule has 0 saturated carbocycles. The number of rotatable bonds is 3. The zero-order valence-electron chi connectivity index (χ0n) is 9.34. The molecule has 2 N–H and O–H groups in total. The zero-order valence-corrected chi connectivity index (χ0v) is 9.34. The van der Waals surface area contributed by atoms with Crippen LogP contribution in [-0.4, -0.2) is 21.7 Å². The van der Waals surface area contributed by atoms with E-state index in [2.05, 4.69) is 15.1 Å². The van der Waals surface area contributed by atoms with E-state index in [4.69, 9.17) is 10.3 Å². The third-order valence-corrected chi connectivity index (χ3v) is 2.36. The molecule has 0 amide bonds. The molecule has 2 rings (SSSR count). The maximum absolute atomic E-state index is 5.53. The molecule has 1 unspecified atom stereocenters. The molecule has 0 radical (unpaired) electrons. The standard InChI is InChI=1S/C11H14N4O/c1-7-3-4-13-9(5-7)10-14-11(16-15-10)8(2)6-12/h3-5,8H,6,12H2,1-2H3. The third-order valence-electron chi connectivity index (χ3n) is 2.36. The largest absolute Gasteiger partial charge is 0.339 e. The molecule has 0 aliphatic rings. The van der Waals surface area contributed by atoms with Crippen LogP contribution in [0.15, 0.2) is 22.9 Å². The van der Waals surface area contributed by atoms with Crippen LogP contribution in [0.5, 0.6) is 0 Å². The topological polar surface area (TPSA) is 77.8 Å². The molecule has 5 nitrogen and oxygen atoms in total. The Hall–Kier alpha value is -1.75. The van der Waals surface area contributed by atoms with Gasteiger partial charge in [-0.15, -0.1) is 0 Å². The van der Waals surface area contributed by atoms with Crippen molar-refractivity contribution in [2.75, 3.05) is 6.54 Å². The van der Waals surface area contributed by atoms with Gasteiger partial charge in [0.2, 0.25) is 11.7 Å². The molecule has 2 aromatic rings. The van der Waals surface area contributed by atoms with Crippen molar-refractivity contribution in [3.8, 4) is 11.5 Å². The first-order valence-electron chi connectivity index (χ1n) is 5.17. The lowest BCUT2D eigenvalue weighted by atomic mass is 10.2. The van der Waals surface area contributed by atoms with Crippen molar-refractivity contribution in [2.45, 2.75) is 19.8 Å². The number of pyridine rings is 1. The van der Waals surface area contributed by atoms with Gasteiger partial charge in [0.25, 0.3) is 0 Å². The molecule has 2 heterocycles. The molecule has 16 heavy (non-hydrogen) atoms. The molecule has 0 aromatic carbocycles. The van der Waals surface area contributed by atoms with Crippen molar-refractivity contribution in [3.63, 3.8) is 0 Å². The maximum atomic E-state index is 5.53. The number of hydrogen-bond acceptors (Lipinski definition) is 5. The van der Waals surface area contributed by atoms with Crippen LogP contribution in [0.1, 0.15) is 24.3 Å². The van der Waals surface area contributed by atoms with Crippen LogP contribution >= 0.6 is 0 Å². The van der Waals surface area contributed by atoms with Crippen LogP contribution in [0, 0.1) is 6.92 Å². The van der Waals surface area contributed by atoms with Crippen molar-refractivity contribution in [1.82, 2.24) is 15.1 Å². The first-order chi connectivity index (χ1) is 7.70. The summed E-state index contributed by atoms with van der Waals surface area (Å²) in [4.78, 5) is 8.46. The molecule has 5 heteroatoms. The minimum absolute atomic E-state index is 0.0751. The predicted molar refractivity (Wildman–Crippen MR) is 59.7 cm³/mol. The van der Waals surface area contributed by atoms with Crippen LogP contribution in [0.25, 0.3) is 11.5 Å². The SMILES string of the molecule is Cc1ccnc(-c2noc(C(C)CN)n2)c1. The van der Waals surface area contributed by atoms with Gasteiger partial charge in [-0.25, -0.2) is 0 Å². The van der Waals surface area contributed by atoms with E-state index in [1.807, 2.05) is 26.0 Å². The highest BCUT2D eigenvalue weighted by molar-refractivity contribution is 5.48. The van der Waals surface area contributed by atoms with Crippen LogP contribution in [0.3, 0.4) is 0 Å². The summed E-state index contributed by atoms with van der Waals surface area (Å²) in [6, 6.07) is 3.84. The van der Waals surface area contributed by atoms with E-state index in [1.165, 1.54) is 0 Å². The van der Waals surface area contributed by atoms with E-state index in [0.717, 1.165) is 11.3 Å². The fourth-order valence-electron chi connectivity index (χ4n) is 1.30. The molecule has 2 aromatic heterocycles. The van der Waals surface area contributed by atoms with Gasteiger partial charge in [-0.05, 0) is 24.6 Å². The third kappa shape index (κ3) is 2.09. The Kier molecular flexibility index (Phi) is 2.96. The van der Waals surface area contributed by atoms with Crippen molar-refractivity contribution in [3.05, 3.63) is 29.8 Å². The summed E-state index contributed by atoms with van der Waals surface area (Å²) in [6.07, 6.45) is 1.73. The fraction of sp³-hybridized carbons (Fsp3) is 0.364. The molecule has 0 fully saturated rings. The van der Waals surface area contributed by atoms with Crippen molar-refractivity contribution in [2.24, 2.45) is 5.73 Å². The average molecular weight is 218 g/mol. The van der Waals surface area contributed by atoms with Gasteiger partial charge in [0.1, 0.15) is 5.69 Å². The predicted octanol–water partition coefficient (Wildman–Crippen LogP) is 1.50. The molecule has 0 bridgehead atoms. The van der Waals surface area contributed by atoms with Crippen molar-refractivity contribution in [1.29, 1.82) is 0 Å². The van der Waals surface area contributed by atoms with Crippen molar-refractivity contribution >= 4 is 0 Å². The molecular formula is C11H14N4O. The van der Waals surface area contributed by atoms with Crippen LogP contribution in [-0.2, 0) is 0 Å². The lowest BCUT2D eigenvalue weighted by Crippen LogP contribution is -2.08. The molecule has 84 valence electrons. The van der Waals surface area contributed by atoms with Crippen LogP contribution < -0.4 is 5.73 Å². The summed E-state index contributed by atoms with van der Waals surface area (Å²) in [5.41, 5.74) is 7.37. The molecule has 0 spiro atoms. The second-order valence-corrected chi connectivity index (χ2v) is 3.81. The van der Waals surface area contributed by atoms with Gasteiger partial charge < -0.3 is 10.3 Å². The highest BCUT2D eigenvalue weighted by Crippen LogP contribution is 2.17. The summed E-state index contributed by atoms with van der Waals surface area (Å²) >= 11 is 0. The summed E-state index contributed by atoms with van der Waals surface area (Å²) in [7, 11) is 0. The summed E-state index contributed by atoms with van der Waals surface area (Å²) in [6.45, 7) is 4.43. The summed E-state index contributed by atoms with van der Waals surface area (Å²) in [5, 5.41) is 3.89. The monoisotopic (exact) mass is 218 g/mol. The van der Waals surface area contributed by atoms with Crippen molar-refractivity contribution < 1.29 is 4.52 Å². The lowest BCUT2D eigenvalue weighted by molar-refractivity contribution is 0.361. The molecule has 0 saturated heterocycles. The number of nitrogens with zero attached hydrogens (tertiary/aromatic N) is 3. The normalized spacial score (nSPS) is 12.7. The van der Waals surface area contributed by atoms with E-state index >= 15 is 0 Å². The van der Waals surface area contributed by atoms with E-state index in [1.54, 1.807) is 6.20 Å². The van der Waals surface area contributed by atoms with Gasteiger partial charge in [0.05, 0.1) is 0 Å². The number of aromatic nitrogens is 3. The van der Waals surface area contributed by atoms with E-state index in [0.29, 0.717) is 18.3 Å². The first kappa shape index (κ1) is 10.8. The van der Waals surface area contributed by atoms with Crippen LogP contribution in [0.2, 0.25) is 0 Å². The van der Waals surface area contributed by atoms with Gasteiger partial charge in [0.15, 0.2) is 0 Å². The van der Waals surface area contributed by atoms with E-state index in [9.17, 15) is 0 Å². The first-order valence-corrected chi connectivity index (χ1v) is 5.17. The Morgan fingerprint density at radius 3 is 3.00 bits per heavy atom. The van der Waals surface area contributed by atoms with Gasteiger partial charge in [-0.1, -0.05) is 12.1 Å². The molecular weight excluding hydrogens is 204 g/mol. The molecule has 1 atom stereocenters. The Bertz CT molecular complexity index is 480. The quantitative estimate of drug-likeness (QED) is 0.844. The average Bonchev–Trinajstić information content (AvgIpc) is 2.77. The van der Waals surface area contributed by atoms with Gasteiger partial charge in [-0.3, -0.25) is 4.98 Å². The van der Waals surface area contributed by atoms with Gasteiger partial charge >= 0.3 is 0 Å². The highest BCUT2D eigenvalue weighted by atomic mass is 16.5. The second-order valence-electron chi connectivity index (χ2n) is 3.81. The van der Waals surface area contributed by atoms with Gasteiger partial charge in [-0.2, -0.15) is 4.98 Å². The van der Waals surface area contributed by atoms with E-state index in [-0.39, 0.29) is 5.92 Å². The number of hydrogen-bond donors (Lipinski definition) is 1. The Balaban J connectivity index is 2.31. The number of aryl methyl sites for hydroxylation is 1. The smallest absolute Gasteiger partial charge is 0.231 e. The Labute approximate surface area is 93.7 Å².